The van der Waals surface area contributed by atoms with E-state index in [1.54, 1.807) is 19.2 Å². The van der Waals surface area contributed by atoms with Crippen molar-refractivity contribution in [2.45, 2.75) is 25.7 Å². The van der Waals surface area contributed by atoms with E-state index in [4.69, 9.17) is 4.74 Å². The summed E-state index contributed by atoms with van der Waals surface area (Å²) in [6.45, 7) is 2.64. The second-order valence-electron chi connectivity index (χ2n) is 9.12. The Hall–Kier alpha value is -3.62. The molecule has 178 valence electrons. The summed E-state index contributed by atoms with van der Waals surface area (Å²) in [7, 11) is 1.64. The van der Waals surface area contributed by atoms with E-state index in [1.807, 2.05) is 29.2 Å². The van der Waals surface area contributed by atoms with Crippen molar-refractivity contribution in [2.75, 3.05) is 48.0 Å². The number of piperazine rings is 1. The van der Waals surface area contributed by atoms with Gasteiger partial charge in [0.05, 0.1) is 29.6 Å². The quantitative estimate of drug-likeness (QED) is 0.379. The Morgan fingerprint density at radius 1 is 0.882 bits per heavy atom. The SMILES string of the molecule is COc1cccc(N2CCN(c3ccc(N4C(=O)[C@@H]5CCCC[C@H]5C4=O)cc3[N+](=O)[O-])CC2)c1. The number of nitrogens with zero attached hydrogens (tertiary/aromatic N) is 4. The highest BCUT2D eigenvalue weighted by atomic mass is 16.6. The number of carbonyl (C=O) groups excluding carboxylic acids is 2. The summed E-state index contributed by atoms with van der Waals surface area (Å²) in [5.74, 6) is -0.223. The predicted molar refractivity (Wildman–Crippen MR) is 128 cm³/mol. The lowest BCUT2D eigenvalue weighted by Crippen LogP contribution is -2.46. The minimum absolute atomic E-state index is 0.0807. The first kappa shape index (κ1) is 22.2. The summed E-state index contributed by atoms with van der Waals surface area (Å²) in [6.07, 6.45) is 3.30. The van der Waals surface area contributed by atoms with Gasteiger partial charge in [-0.1, -0.05) is 18.9 Å². The van der Waals surface area contributed by atoms with Gasteiger partial charge in [-0.3, -0.25) is 19.7 Å². The van der Waals surface area contributed by atoms with Crippen LogP contribution in [0.3, 0.4) is 0 Å². The fourth-order valence-corrected chi connectivity index (χ4v) is 5.49. The van der Waals surface area contributed by atoms with E-state index in [2.05, 4.69) is 4.90 Å². The Labute approximate surface area is 198 Å². The Balaban J connectivity index is 1.36. The molecule has 0 N–H and O–H groups in total. The van der Waals surface area contributed by atoms with Crippen LogP contribution in [0.4, 0.5) is 22.7 Å². The summed E-state index contributed by atoms with van der Waals surface area (Å²) in [4.78, 5) is 42.8. The van der Waals surface area contributed by atoms with Crippen LogP contribution in [-0.4, -0.2) is 50.0 Å². The van der Waals surface area contributed by atoms with Crippen molar-refractivity contribution in [1.82, 2.24) is 0 Å². The highest BCUT2D eigenvalue weighted by molar-refractivity contribution is 6.22. The third-order valence-electron chi connectivity index (χ3n) is 7.29. The van der Waals surface area contributed by atoms with Crippen molar-refractivity contribution >= 4 is 34.6 Å². The van der Waals surface area contributed by atoms with E-state index in [1.165, 1.54) is 11.0 Å². The number of hydrogen-bond donors (Lipinski definition) is 0. The molecule has 2 aliphatic heterocycles. The molecule has 1 aliphatic carbocycles. The zero-order valence-corrected chi connectivity index (χ0v) is 19.2. The fraction of sp³-hybridized carbons (Fsp3) is 0.440. The number of carbonyl (C=O) groups is 2. The first-order valence-electron chi connectivity index (χ1n) is 11.8. The van der Waals surface area contributed by atoms with Gasteiger partial charge in [-0.2, -0.15) is 0 Å². The van der Waals surface area contributed by atoms with E-state index in [0.717, 1.165) is 24.3 Å². The number of fused-ring (bicyclic) bond motifs is 1. The third-order valence-corrected chi connectivity index (χ3v) is 7.29. The zero-order chi connectivity index (χ0) is 23.8. The molecule has 0 bridgehead atoms. The number of anilines is 3. The molecule has 3 fully saturated rings. The number of rotatable bonds is 5. The largest absolute Gasteiger partial charge is 0.497 e. The minimum Gasteiger partial charge on any atom is -0.497 e. The number of nitro benzene ring substituents is 1. The van der Waals surface area contributed by atoms with E-state index in [0.29, 0.717) is 50.4 Å². The molecule has 0 radical (unpaired) electrons. The van der Waals surface area contributed by atoms with E-state index in [9.17, 15) is 19.7 Å². The van der Waals surface area contributed by atoms with Crippen molar-refractivity contribution < 1.29 is 19.2 Å². The lowest BCUT2D eigenvalue weighted by Gasteiger charge is -2.37. The van der Waals surface area contributed by atoms with Crippen LogP contribution in [0, 0.1) is 22.0 Å². The zero-order valence-electron chi connectivity index (χ0n) is 19.2. The van der Waals surface area contributed by atoms with Gasteiger partial charge in [-0.05, 0) is 37.1 Å². The van der Waals surface area contributed by atoms with Gasteiger partial charge in [0.15, 0.2) is 0 Å². The molecule has 3 aliphatic rings. The van der Waals surface area contributed by atoms with Gasteiger partial charge < -0.3 is 14.5 Å². The molecule has 5 rings (SSSR count). The molecular weight excluding hydrogens is 436 g/mol. The highest BCUT2D eigenvalue weighted by Gasteiger charge is 2.49. The van der Waals surface area contributed by atoms with Gasteiger partial charge in [0.25, 0.3) is 5.69 Å². The summed E-state index contributed by atoms with van der Waals surface area (Å²) in [6, 6.07) is 12.6. The van der Waals surface area contributed by atoms with Gasteiger partial charge in [-0.15, -0.1) is 0 Å². The monoisotopic (exact) mass is 464 g/mol. The number of methoxy groups -OCH3 is 1. The normalized spacial score (nSPS) is 22.7. The molecule has 9 nitrogen and oxygen atoms in total. The first-order valence-corrected chi connectivity index (χ1v) is 11.8. The van der Waals surface area contributed by atoms with Crippen LogP contribution in [0.1, 0.15) is 25.7 Å². The topological polar surface area (TPSA) is 96.2 Å². The summed E-state index contributed by atoms with van der Waals surface area (Å²) in [5, 5.41) is 12.0. The molecule has 2 saturated heterocycles. The van der Waals surface area contributed by atoms with Crippen LogP contribution >= 0.6 is 0 Å². The summed E-state index contributed by atoms with van der Waals surface area (Å²) in [5.41, 5.74) is 1.78. The van der Waals surface area contributed by atoms with Crippen molar-refractivity contribution in [2.24, 2.45) is 11.8 Å². The number of nitro groups is 1. The lowest BCUT2D eigenvalue weighted by atomic mass is 9.81. The van der Waals surface area contributed by atoms with Crippen molar-refractivity contribution in [3.63, 3.8) is 0 Å². The molecule has 0 unspecified atom stereocenters. The van der Waals surface area contributed by atoms with E-state index < -0.39 is 4.92 Å². The molecule has 2 aromatic carbocycles. The van der Waals surface area contributed by atoms with Crippen LogP contribution in [0.15, 0.2) is 42.5 Å². The van der Waals surface area contributed by atoms with E-state index >= 15 is 0 Å². The Morgan fingerprint density at radius 3 is 2.15 bits per heavy atom. The van der Waals surface area contributed by atoms with Crippen molar-refractivity contribution in [1.29, 1.82) is 0 Å². The maximum Gasteiger partial charge on any atom is 0.294 e. The van der Waals surface area contributed by atoms with Gasteiger partial charge in [0, 0.05) is 44.0 Å². The molecule has 9 heteroatoms. The second-order valence-corrected chi connectivity index (χ2v) is 9.12. The molecular formula is C25H28N4O5. The average Bonchev–Trinajstić information content (AvgIpc) is 3.13. The Kier molecular flexibility index (Phi) is 5.85. The number of ether oxygens (including phenoxy) is 1. The van der Waals surface area contributed by atoms with Gasteiger partial charge >= 0.3 is 0 Å². The predicted octanol–water partition coefficient (Wildman–Crippen LogP) is 3.61. The van der Waals surface area contributed by atoms with Crippen molar-refractivity contribution in [3.8, 4) is 5.75 Å². The number of benzene rings is 2. The van der Waals surface area contributed by atoms with E-state index in [-0.39, 0.29) is 29.3 Å². The molecule has 2 heterocycles. The molecule has 1 saturated carbocycles. The Bertz CT molecular complexity index is 1100. The van der Waals surface area contributed by atoms with Crippen LogP contribution in [0.2, 0.25) is 0 Å². The molecule has 2 amide bonds. The molecule has 2 atom stereocenters. The lowest BCUT2D eigenvalue weighted by molar-refractivity contribution is -0.384. The average molecular weight is 465 g/mol. The number of hydrogen-bond acceptors (Lipinski definition) is 7. The third kappa shape index (κ3) is 3.85. The fourth-order valence-electron chi connectivity index (χ4n) is 5.49. The molecule has 0 aromatic heterocycles. The minimum atomic E-state index is -0.425. The maximum atomic E-state index is 12.9. The standard InChI is InChI=1S/C25H28N4O5/c1-34-19-6-4-5-17(15-19)26-11-13-27(14-12-26)22-10-9-18(16-23(22)29(32)33)28-24(30)20-7-2-3-8-21(20)25(28)31/h4-6,9-10,15-16,20-21H,2-3,7-8,11-14H2,1H3/t20-,21-/m1/s1. The highest BCUT2D eigenvalue weighted by Crippen LogP contribution is 2.42. The number of imide groups is 1. The van der Waals surface area contributed by atoms with Crippen LogP contribution in [0.5, 0.6) is 5.75 Å². The van der Waals surface area contributed by atoms with Crippen LogP contribution < -0.4 is 19.4 Å². The van der Waals surface area contributed by atoms with Crippen LogP contribution in [0.25, 0.3) is 0 Å². The summed E-state index contributed by atoms with van der Waals surface area (Å²) < 4.78 is 5.31. The molecule has 34 heavy (non-hydrogen) atoms. The summed E-state index contributed by atoms with van der Waals surface area (Å²) >= 11 is 0. The first-order chi connectivity index (χ1) is 16.5. The van der Waals surface area contributed by atoms with Crippen molar-refractivity contribution in [3.05, 3.63) is 52.6 Å². The van der Waals surface area contributed by atoms with Crippen LogP contribution in [-0.2, 0) is 9.59 Å². The number of amides is 2. The molecule has 2 aromatic rings. The van der Waals surface area contributed by atoms with Gasteiger partial charge in [0.1, 0.15) is 11.4 Å². The second kappa shape index (κ2) is 8.96. The smallest absolute Gasteiger partial charge is 0.294 e. The molecule has 0 spiro atoms. The van der Waals surface area contributed by atoms with Gasteiger partial charge in [-0.25, -0.2) is 4.90 Å². The Morgan fingerprint density at radius 2 is 1.53 bits per heavy atom. The maximum absolute atomic E-state index is 12.9. The van der Waals surface area contributed by atoms with Gasteiger partial charge in [0.2, 0.25) is 11.8 Å².